The fourth-order valence-electron chi connectivity index (χ4n) is 7.92. The minimum atomic E-state index is -1.33. The predicted octanol–water partition coefficient (Wildman–Crippen LogP) is 5.07. The zero-order chi connectivity index (χ0) is 35.5. The highest BCUT2D eigenvalue weighted by Crippen LogP contribution is 2.59. The van der Waals surface area contributed by atoms with Gasteiger partial charge in [0.25, 0.3) is 5.91 Å². The van der Waals surface area contributed by atoms with Crippen molar-refractivity contribution in [2.45, 2.75) is 88.8 Å². The van der Waals surface area contributed by atoms with E-state index in [2.05, 4.69) is 18.5 Å². The van der Waals surface area contributed by atoms with Crippen molar-refractivity contribution in [3.63, 3.8) is 0 Å². The molecule has 2 aromatic rings. The number of aryl methyl sites for hydroxylation is 1. The minimum absolute atomic E-state index is 0.114. The van der Waals surface area contributed by atoms with E-state index in [1.54, 1.807) is 31.2 Å². The van der Waals surface area contributed by atoms with Gasteiger partial charge in [-0.2, -0.15) is 0 Å². The molecule has 2 aromatic carbocycles. The molecule has 11 heteroatoms. The number of hydrogen-bond acceptors (Lipinski definition) is 7. The first-order chi connectivity index (χ1) is 23.5. The number of rotatable bonds is 15. The van der Waals surface area contributed by atoms with Crippen LogP contribution in [0.25, 0.3) is 0 Å². The lowest BCUT2D eigenvalue weighted by atomic mass is 9.70. The number of esters is 1. The minimum Gasteiger partial charge on any atom is -0.455 e. The van der Waals surface area contributed by atoms with Gasteiger partial charge in [-0.3, -0.25) is 19.2 Å². The van der Waals surface area contributed by atoms with Gasteiger partial charge in [0.1, 0.15) is 17.7 Å². The fraction of sp³-hybridized carbons (Fsp3) is 0.474. The lowest BCUT2D eigenvalue weighted by Gasteiger charge is -2.39. The third-order valence-electron chi connectivity index (χ3n) is 10.1. The number of nitrogens with one attached hydrogen (secondary N) is 1. The zero-order valence-electron chi connectivity index (χ0n) is 28.3. The summed E-state index contributed by atoms with van der Waals surface area (Å²) in [6.07, 6.45) is 3.67. The van der Waals surface area contributed by atoms with E-state index in [1.807, 2.05) is 50.2 Å². The second kappa shape index (κ2) is 15.3. The third-order valence-corrected chi connectivity index (χ3v) is 10.5. The molecule has 0 aliphatic carbocycles. The summed E-state index contributed by atoms with van der Waals surface area (Å²) < 4.78 is 12.9. The molecule has 262 valence electrons. The van der Waals surface area contributed by atoms with Crippen molar-refractivity contribution in [3.8, 4) is 0 Å². The molecule has 3 saturated heterocycles. The van der Waals surface area contributed by atoms with Crippen LogP contribution in [0, 0.1) is 18.8 Å². The second-order valence-corrected chi connectivity index (χ2v) is 13.5. The molecule has 3 aliphatic heterocycles. The summed E-state index contributed by atoms with van der Waals surface area (Å²) >= 11 is 6.65. The van der Waals surface area contributed by atoms with Gasteiger partial charge in [0.15, 0.2) is 0 Å². The monoisotopic (exact) mass is 691 g/mol. The molecule has 49 heavy (non-hydrogen) atoms. The molecule has 0 saturated carbocycles. The largest absolute Gasteiger partial charge is 0.455 e. The number of aliphatic hydroxyl groups excluding tert-OH is 1. The van der Waals surface area contributed by atoms with E-state index in [1.165, 1.54) is 9.80 Å². The van der Waals surface area contributed by atoms with Gasteiger partial charge in [0.05, 0.1) is 47.3 Å². The first-order valence-electron chi connectivity index (χ1n) is 17.0. The summed E-state index contributed by atoms with van der Waals surface area (Å²) in [5, 5.41) is 13.8. The van der Waals surface area contributed by atoms with Gasteiger partial charge in [0.2, 0.25) is 11.8 Å². The molecule has 10 nitrogen and oxygen atoms in total. The standard InChI is InChI=1S/C38H46ClN3O7/c1-6-9-18-29(44)40-24(5)33(25-15-11-10-12-16-25)48-37(47)30-28-19-20-38(49-28)31(30)35(45)42(26(8-3)22-43)34(38)36(46)41(21-7-2)32-23(4)14-13-17-27(32)39/h6-7,10-17,24,26,28,30-31,33-34,43H,1-2,8-9,18-22H2,3-5H3,(H,40,44)/t24-,26-,28+,30-,31-,33-,34+,38-/m0/s1. The van der Waals surface area contributed by atoms with Crippen molar-refractivity contribution in [2.75, 3.05) is 18.1 Å². The molecular formula is C38H46ClN3O7. The summed E-state index contributed by atoms with van der Waals surface area (Å²) in [6, 6.07) is 12.1. The maximum Gasteiger partial charge on any atom is 0.313 e. The molecule has 3 heterocycles. The maximum atomic E-state index is 14.9. The van der Waals surface area contributed by atoms with Crippen LogP contribution in [0.3, 0.4) is 0 Å². The predicted molar refractivity (Wildman–Crippen MR) is 187 cm³/mol. The number of carbonyl (C=O) groups is 4. The van der Waals surface area contributed by atoms with Crippen molar-refractivity contribution >= 4 is 41.0 Å². The number of amides is 3. The Hall–Kier alpha value is -3.99. The Kier molecular flexibility index (Phi) is 11.3. The van der Waals surface area contributed by atoms with Gasteiger partial charge in [-0.1, -0.05) is 73.1 Å². The second-order valence-electron chi connectivity index (χ2n) is 13.1. The van der Waals surface area contributed by atoms with E-state index in [-0.39, 0.29) is 25.5 Å². The molecule has 0 aromatic heterocycles. The molecule has 0 radical (unpaired) electrons. The number of fused-ring (bicyclic) bond motifs is 1. The van der Waals surface area contributed by atoms with Crippen LogP contribution in [-0.4, -0.2) is 76.7 Å². The van der Waals surface area contributed by atoms with Crippen molar-refractivity contribution in [1.29, 1.82) is 0 Å². The molecule has 3 aliphatic rings. The number of anilines is 1. The van der Waals surface area contributed by atoms with Gasteiger partial charge < -0.3 is 29.7 Å². The first kappa shape index (κ1) is 36.3. The van der Waals surface area contributed by atoms with E-state index < -0.39 is 65.6 Å². The average molecular weight is 692 g/mol. The fourth-order valence-corrected chi connectivity index (χ4v) is 8.24. The third kappa shape index (κ3) is 6.66. The van der Waals surface area contributed by atoms with Crippen LogP contribution in [0.15, 0.2) is 73.8 Å². The number of hydrogen-bond donors (Lipinski definition) is 2. The Labute approximate surface area is 293 Å². The van der Waals surface area contributed by atoms with Gasteiger partial charge in [-0.15, -0.1) is 13.2 Å². The molecule has 3 amide bonds. The molecule has 1 spiro atoms. The summed E-state index contributed by atoms with van der Waals surface area (Å²) in [6.45, 7) is 12.7. The quantitative estimate of drug-likeness (QED) is 0.197. The lowest BCUT2D eigenvalue weighted by molar-refractivity contribution is -0.162. The van der Waals surface area contributed by atoms with Gasteiger partial charge in [0, 0.05) is 13.0 Å². The van der Waals surface area contributed by atoms with Crippen LogP contribution in [0.1, 0.15) is 63.2 Å². The summed E-state index contributed by atoms with van der Waals surface area (Å²) in [5.41, 5.74) is 0.612. The van der Waals surface area contributed by atoms with E-state index >= 15 is 0 Å². The summed E-state index contributed by atoms with van der Waals surface area (Å²) in [4.78, 5) is 59.4. The Morgan fingerprint density at radius 3 is 2.55 bits per heavy atom. The highest BCUT2D eigenvalue weighted by atomic mass is 35.5. The Bertz CT molecular complexity index is 1560. The highest BCUT2D eigenvalue weighted by molar-refractivity contribution is 6.34. The van der Waals surface area contributed by atoms with E-state index in [9.17, 15) is 24.3 Å². The van der Waals surface area contributed by atoms with Crippen molar-refractivity contribution in [3.05, 3.63) is 90.0 Å². The van der Waals surface area contributed by atoms with Crippen LogP contribution < -0.4 is 10.2 Å². The number of halogens is 1. The number of carbonyl (C=O) groups excluding carboxylic acids is 4. The molecule has 0 unspecified atom stereocenters. The Balaban J connectivity index is 1.52. The zero-order valence-corrected chi connectivity index (χ0v) is 29.1. The molecule has 3 fully saturated rings. The van der Waals surface area contributed by atoms with Gasteiger partial charge >= 0.3 is 5.97 Å². The van der Waals surface area contributed by atoms with Crippen LogP contribution in [0.5, 0.6) is 0 Å². The van der Waals surface area contributed by atoms with Crippen LogP contribution in [-0.2, 0) is 28.7 Å². The Morgan fingerprint density at radius 2 is 1.92 bits per heavy atom. The number of nitrogens with zero attached hydrogens (tertiary/aromatic N) is 2. The van der Waals surface area contributed by atoms with Crippen molar-refractivity contribution in [2.24, 2.45) is 11.8 Å². The number of ether oxygens (including phenoxy) is 2. The topological polar surface area (TPSA) is 125 Å². The normalized spacial score (nSPS) is 25.7. The molecule has 2 N–H and O–H groups in total. The maximum absolute atomic E-state index is 14.9. The van der Waals surface area contributed by atoms with E-state index in [0.29, 0.717) is 42.0 Å². The number of likely N-dealkylation sites (tertiary alicyclic amines) is 1. The summed E-state index contributed by atoms with van der Waals surface area (Å²) in [7, 11) is 0. The number of benzene rings is 2. The SMILES string of the molecule is C=CCCC(=O)N[C@@H](C)[C@H](OC(=O)[C@@H]1[C@H]2C(=O)N([C@@H](CC)CO)[C@H](C(=O)N(CC=C)c3c(C)cccc3Cl)[C@]23CC[C@H]1O3)c1ccccc1. The smallest absolute Gasteiger partial charge is 0.313 e. The highest BCUT2D eigenvalue weighted by Gasteiger charge is 2.75. The van der Waals surface area contributed by atoms with Crippen molar-refractivity contribution in [1.82, 2.24) is 10.2 Å². The van der Waals surface area contributed by atoms with Gasteiger partial charge in [-0.25, -0.2) is 0 Å². The molecule has 5 rings (SSSR count). The number of allylic oxidation sites excluding steroid dienone is 1. The average Bonchev–Trinajstić information content (AvgIpc) is 3.74. The lowest BCUT2D eigenvalue weighted by Crippen LogP contribution is -2.59. The number of para-hydroxylation sites is 1. The van der Waals surface area contributed by atoms with Gasteiger partial charge in [-0.05, 0) is 56.7 Å². The Morgan fingerprint density at radius 1 is 1.18 bits per heavy atom. The number of aliphatic hydroxyl groups is 1. The summed E-state index contributed by atoms with van der Waals surface area (Å²) in [5.74, 6) is -3.71. The van der Waals surface area contributed by atoms with E-state index in [0.717, 1.165) is 5.56 Å². The molecule has 2 bridgehead atoms. The van der Waals surface area contributed by atoms with Crippen LogP contribution in [0.2, 0.25) is 5.02 Å². The molecule has 8 atom stereocenters. The van der Waals surface area contributed by atoms with Crippen molar-refractivity contribution < 1.29 is 33.8 Å². The van der Waals surface area contributed by atoms with Crippen LogP contribution >= 0.6 is 11.6 Å². The van der Waals surface area contributed by atoms with Crippen LogP contribution in [0.4, 0.5) is 5.69 Å². The molecular weight excluding hydrogens is 646 g/mol. The van der Waals surface area contributed by atoms with E-state index in [4.69, 9.17) is 21.1 Å². The first-order valence-corrected chi connectivity index (χ1v) is 17.4.